The van der Waals surface area contributed by atoms with Crippen LogP contribution >= 0.6 is 0 Å². The molecule has 1 aliphatic rings. The molecular weight excluding hydrogens is 224 g/mol. The van der Waals surface area contributed by atoms with E-state index in [2.05, 4.69) is 0 Å². The minimum Gasteiger partial charge on any atom is -0.328 e. The van der Waals surface area contributed by atoms with E-state index in [4.69, 9.17) is 5.73 Å². The predicted molar refractivity (Wildman–Crippen MR) is 40.9 cm³/mol. The van der Waals surface area contributed by atoms with Crippen LogP contribution < -0.4 is 5.73 Å². The van der Waals surface area contributed by atoms with Crippen LogP contribution in [0.5, 0.6) is 0 Å². The molecule has 0 amide bonds. The molecule has 0 aromatic heterocycles. The van der Waals surface area contributed by atoms with Crippen molar-refractivity contribution in [1.82, 2.24) is 0 Å². The number of hydrogen-bond donors (Lipinski definition) is 1. The van der Waals surface area contributed by atoms with Gasteiger partial charge >= 0.3 is 12.4 Å². The number of alkyl halides is 6. The first-order valence-corrected chi connectivity index (χ1v) is 4.49. The van der Waals surface area contributed by atoms with Crippen LogP contribution in [0.1, 0.15) is 19.3 Å². The minimum atomic E-state index is -4.58. The summed E-state index contributed by atoms with van der Waals surface area (Å²) in [7, 11) is 0. The van der Waals surface area contributed by atoms with Crippen molar-refractivity contribution in [1.29, 1.82) is 0 Å². The van der Waals surface area contributed by atoms with Crippen LogP contribution in [-0.2, 0) is 0 Å². The first-order chi connectivity index (χ1) is 6.60. The SMILES string of the molecule is NC1C[C@@H](C(F)(F)F)C[C@H](C(F)(F)F)C1. The molecule has 15 heavy (non-hydrogen) atoms. The molecule has 0 heterocycles. The van der Waals surface area contributed by atoms with Crippen molar-refractivity contribution >= 4 is 0 Å². The first-order valence-electron chi connectivity index (χ1n) is 4.49. The molecule has 0 aromatic rings. The number of hydrogen-bond acceptors (Lipinski definition) is 1. The first kappa shape index (κ1) is 12.6. The van der Waals surface area contributed by atoms with Gasteiger partial charge in [-0.05, 0) is 19.3 Å². The maximum absolute atomic E-state index is 12.3. The van der Waals surface area contributed by atoms with Crippen LogP contribution in [0.2, 0.25) is 0 Å². The fraction of sp³-hybridized carbons (Fsp3) is 1.00. The summed E-state index contributed by atoms with van der Waals surface area (Å²) >= 11 is 0. The second kappa shape index (κ2) is 3.84. The standard InChI is InChI=1S/C8H11F6N/c9-7(10,11)4-1-5(8(12,13)14)3-6(15)2-4/h4-6H,1-3,15H2/t4-,5-/m0/s1. The van der Waals surface area contributed by atoms with E-state index in [1.54, 1.807) is 0 Å². The van der Waals surface area contributed by atoms with Crippen LogP contribution in [0.25, 0.3) is 0 Å². The lowest BCUT2D eigenvalue weighted by molar-refractivity contribution is -0.224. The Morgan fingerprint density at radius 2 is 1.07 bits per heavy atom. The summed E-state index contributed by atoms with van der Waals surface area (Å²) in [4.78, 5) is 0. The third kappa shape index (κ3) is 3.25. The fourth-order valence-electron chi connectivity index (χ4n) is 1.90. The number of nitrogens with two attached hydrogens (primary N) is 1. The zero-order chi connectivity index (χ0) is 11.9. The van der Waals surface area contributed by atoms with E-state index in [-0.39, 0.29) is 0 Å². The Morgan fingerprint density at radius 1 is 0.733 bits per heavy atom. The second-order valence-corrected chi connectivity index (χ2v) is 3.94. The molecule has 0 aromatic carbocycles. The van der Waals surface area contributed by atoms with E-state index in [1.807, 2.05) is 0 Å². The Morgan fingerprint density at radius 3 is 1.33 bits per heavy atom. The predicted octanol–water partition coefficient (Wildman–Crippen LogP) is 2.85. The molecule has 1 fully saturated rings. The van der Waals surface area contributed by atoms with Gasteiger partial charge in [0.15, 0.2) is 0 Å². The van der Waals surface area contributed by atoms with Crippen LogP contribution in [-0.4, -0.2) is 18.4 Å². The van der Waals surface area contributed by atoms with Crippen molar-refractivity contribution in [2.45, 2.75) is 37.7 Å². The van der Waals surface area contributed by atoms with Gasteiger partial charge in [-0.15, -0.1) is 0 Å². The summed E-state index contributed by atoms with van der Waals surface area (Å²) < 4.78 is 73.5. The van der Waals surface area contributed by atoms with Gasteiger partial charge in [-0.25, -0.2) is 0 Å². The summed E-state index contributed by atoms with van der Waals surface area (Å²) in [6.45, 7) is 0. The van der Waals surface area contributed by atoms with Crippen LogP contribution in [0.3, 0.4) is 0 Å². The molecule has 0 bridgehead atoms. The van der Waals surface area contributed by atoms with Crippen molar-refractivity contribution in [2.75, 3.05) is 0 Å². The van der Waals surface area contributed by atoms with Crippen molar-refractivity contribution < 1.29 is 26.3 Å². The molecule has 0 aliphatic heterocycles. The summed E-state index contributed by atoms with van der Waals surface area (Å²) in [5.41, 5.74) is 5.21. The lowest BCUT2D eigenvalue weighted by Crippen LogP contribution is -2.43. The topological polar surface area (TPSA) is 26.0 Å². The highest BCUT2D eigenvalue weighted by molar-refractivity contribution is 4.87. The minimum absolute atomic E-state index is 0.407. The summed E-state index contributed by atoms with van der Waals surface area (Å²) in [5.74, 6) is -3.85. The van der Waals surface area contributed by atoms with Gasteiger partial charge in [-0.3, -0.25) is 0 Å². The molecule has 2 atom stereocenters. The molecule has 0 unspecified atom stereocenters. The molecule has 1 nitrogen and oxygen atoms in total. The van der Waals surface area contributed by atoms with E-state index in [9.17, 15) is 26.3 Å². The van der Waals surface area contributed by atoms with Crippen LogP contribution in [0.15, 0.2) is 0 Å². The van der Waals surface area contributed by atoms with Gasteiger partial charge in [-0.1, -0.05) is 0 Å². The van der Waals surface area contributed by atoms with Gasteiger partial charge in [0.25, 0.3) is 0 Å². The molecule has 1 saturated carbocycles. The Kier molecular flexibility index (Phi) is 3.23. The Balaban J connectivity index is 2.73. The Bertz CT molecular complexity index is 198. The van der Waals surface area contributed by atoms with Crippen LogP contribution in [0.4, 0.5) is 26.3 Å². The molecule has 7 heteroatoms. The van der Waals surface area contributed by atoms with Crippen LogP contribution in [0, 0.1) is 11.8 Å². The molecule has 90 valence electrons. The molecule has 0 spiro atoms. The second-order valence-electron chi connectivity index (χ2n) is 3.94. The van der Waals surface area contributed by atoms with E-state index in [0.29, 0.717) is 0 Å². The Hall–Kier alpha value is -0.460. The molecule has 1 rings (SSSR count). The highest BCUT2D eigenvalue weighted by Crippen LogP contribution is 2.44. The highest BCUT2D eigenvalue weighted by Gasteiger charge is 2.51. The van der Waals surface area contributed by atoms with E-state index in [0.717, 1.165) is 0 Å². The largest absolute Gasteiger partial charge is 0.391 e. The average molecular weight is 235 g/mol. The van der Waals surface area contributed by atoms with Crippen molar-refractivity contribution in [3.05, 3.63) is 0 Å². The van der Waals surface area contributed by atoms with Gasteiger partial charge in [0.2, 0.25) is 0 Å². The number of rotatable bonds is 0. The number of halogens is 6. The van der Waals surface area contributed by atoms with Gasteiger partial charge in [0, 0.05) is 6.04 Å². The van der Waals surface area contributed by atoms with E-state index in [1.165, 1.54) is 0 Å². The zero-order valence-electron chi connectivity index (χ0n) is 7.70. The highest BCUT2D eigenvalue weighted by atomic mass is 19.4. The lowest BCUT2D eigenvalue weighted by Gasteiger charge is -2.35. The summed E-state index contributed by atoms with van der Waals surface area (Å²) in [6.07, 6.45) is -10.9. The third-order valence-electron chi connectivity index (χ3n) is 2.67. The normalized spacial score (nSPS) is 34.2. The zero-order valence-corrected chi connectivity index (χ0v) is 7.70. The maximum Gasteiger partial charge on any atom is 0.391 e. The Labute approximate surface area is 82.6 Å². The van der Waals surface area contributed by atoms with E-state index < -0.39 is 49.5 Å². The molecule has 0 saturated heterocycles. The average Bonchev–Trinajstić information content (AvgIpc) is 1.99. The maximum atomic E-state index is 12.3. The van der Waals surface area contributed by atoms with Gasteiger partial charge in [0.05, 0.1) is 11.8 Å². The summed E-state index contributed by atoms with van der Waals surface area (Å²) in [5, 5.41) is 0. The van der Waals surface area contributed by atoms with Crippen molar-refractivity contribution in [3.8, 4) is 0 Å². The van der Waals surface area contributed by atoms with E-state index >= 15 is 0 Å². The molecule has 2 N–H and O–H groups in total. The van der Waals surface area contributed by atoms with Gasteiger partial charge in [0.1, 0.15) is 0 Å². The molecular formula is C8H11F6N. The molecule has 0 radical (unpaired) electrons. The van der Waals surface area contributed by atoms with Crippen molar-refractivity contribution in [2.24, 2.45) is 17.6 Å². The van der Waals surface area contributed by atoms with Gasteiger partial charge in [-0.2, -0.15) is 26.3 Å². The fourth-order valence-corrected chi connectivity index (χ4v) is 1.90. The lowest BCUT2D eigenvalue weighted by atomic mass is 9.78. The summed E-state index contributed by atoms with van der Waals surface area (Å²) in [6, 6.07) is -1.02. The monoisotopic (exact) mass is 235 g/mol. The van der Waals surface area contributed by atoms with Gasteiger partial charge < -0.3 is 5.73 Å². The molecule has 1 aliphatic carbocycles. The van der Waals surface area contributed by atoms with Crippen molar-refractivity contribution in [3.63, 3.8) is 0 Å². The quantitative estimate of drug-likeness (QED) is 0.642. The third-order valence-corrected chi connectivity index (χ3v) is 2.67. The smallest absolute Gasteiger partial charge is 0.328 e.